The first-order chi connectivity index (χ1) is 8.28. The van der Waals surface area contributed by atoms with Crippen molar-refractivity contribution in [3.63, 3.8) is 0 Å². The first kappa shape index (κ1) is 11.9. The number of likely N-dealkylation sites (N-methyl/N-ethyl adjacent to an activating group) is 1. The minimum absolute atomic E-state index is 0.907. The minimum Gasteiger partial charge on any atom is -0.497 e. The Balaban J connectivity index is 2.00. The SMILES string of the molecule is COc1ccc(/C=C/C2=CC[NH+](C)CC2)cc1. The van der Waals surface area contributed by atoms with E-state index < -0.39 is 0 Å². The van der Waals surface area contributed by atoms with E-state index in [4.69, 9.17) is 4.74 Å². The molecule has 0 bridgehead atoms. The van der Waals surface area contributed by atoms with E-state index in [1.165, 1.54) is 24.1 Å². The molecule has 1 aliphatic heterocycles. The van der Waals surface area contributed by atoms with Crippen molar-refractivity contribution in [2.45, 2.75) is 6.42 Å². The highest BCUT2D eigenvalue weighted by Gasteiger charge is 2.07. The van der Waals surface area contributed by atoms with Gasteiger partial charge in [-0.3, -0.25) is 0 Å². The highest BCUT2D eigenvalue weighted by Crippen LogP contribution is 2.14. The van der Waals surface area contributed by atoms with Crippen LogP contribution in [0.3, 0.4) is 0 Å². The second-order valence-corrected chi connectivity index (χ2v) is 4.55. The van der Waals surface area contributed by atoms with Crippen molar-refractivity contribution in [3.05, 3.63) is 47.6 Å². The Morgan fingerprint density at radius 1 is 1.18 bits per heavy atom. The van der Waals surface area contributed by atoms with E-state index in [9.17, 15) is 0 Å². The van der Waals surface area contributed by atoms with Gasteiger partial charge in [-0.2, -0.15) is 0 Å². The highest BCUT2D eigenvalue weighted by atomic mass is 16.5. The molecule has 2 rings (SSSR count). The normalized spacial score (nSPS) is 20.4. The Labute approximate surface area is 103 Å². The third-order valence-electron chi connectivity index (χ3n) is 3.16. The first-order valence-corrected chi connectivity index (χ1v) is 6.10. The molecule has 1 aromatic rings. The molecular formula is C15H20NO+. The van der Waals surface area contributed by atoms with Crippen LogP contribution < -0.4 is 9.64 Å². The van der Waals surface area contributed by atoms with Crippen LogP contribution in [0.25, 0.3) is 6.08 Å². The van der Waals surface area contributed by atoms with E-state index >= 15 is 0 Å². The zero-order valence-corrected chi connectivity index (χ0v) is 10.6. The van der Waals surface area contributed by atoms with Crippen LogP contribution in [-0.2, 0) is 0 Å². The molecule has 1 N–H and O–H groups in total. The van der Waals surface area contributed by atoms with Crippen molar-refractivity contribution >= 4 is 6.08 Å². The lowest BCUT2D eigenvalue weighted by Crippen LogP contribution is -3.09. The van der Waals surface area contributed by atoms with Crippen LogP contribution in [0.5, 0.6) is 5.75 Å². The molecule has 2 heteroatoms. The second kappa shape index (κ2) is 5.69. The summed E-state index contributed by atoms with van der Waals surface area (Å²) in [5.41, 5.74) is 2.67. The third-order valence-corrected chi connectivity index (χ3v) is 3.16. The zero-order valence-electron chi connectivity index (χ0n) is 10.6. The Morgan fingerprint density at radius 2 is 1.94 bits per heavy atom. The number of allylic oxidation sites excluding steroid dienone is 1. The molecule has 2 nitrogen and oxygen atoms in total. The van der Waals surface area contributed by atoms with E-state index in [2.05, 4.69) is 37.4 Å². The van der Waals surface area contributed by atoms with E-state index in [1.807, 2.05) is 12.1 Å². The van der Waals surface area contributed by atoms with E-state index in [-0.39, 0.29) is 0 Å². The minimum atomic E-state index is 0.907. The monoisotopic (exact) mass is 230 g/mol. The average molecular weight is 230 g/mol. The number of quaternary nitrogens is 1. The molecule has 0 fully saturated rings. The fourth-order valence-electron chi connectivity index (χ4n) is 1.94. The van der Waals surface area contributed by atoms with Crippen molar-refractivity contribution in [1.82, 2.24) is 0 Å². The summed E-state index contributed by atoms with van der Waals surface area (Å²) in [5.74, 6) is 0.907. The quantitative estimate of drug-likeness (QED) is 0.832. The lowest BCUT2D eigenvalue weighted by Gasteiger charge is -2.17. The summed E-state index contributed by atoms with van der Waals surface area (Å²) in [4.78, 5) is 1.59. The average Bonchev–Trinajstić information content (AvgIpc) is 2.39. The molecule has 0 saturated heterocycles. The van der Waals surface area contributed by atoms with Crippen molar-refractivity contribution in [2.75, 3.05) is 27.2 Å². The van der Waals surface area contributed by atoms with Crippen LogP contribution >= 0.6 is 0 Å². The lowest BCUT2D eigenvalue weighted by atomic mass is 10.1. The number of benzene rings is 1. The standard InChI is InChI=1S/C15H19NO/c1-16-11-9-14(10-12-16)4-3-13-5-7-15(17-2)8-6-13/h3-9H,10-12H2,1-2H3/p+1/b4-3+. The zero-order chi connectivity index (χ0) is 12.1. The Hall–Kier alpha value is -1.54. The summed E-state index contributed by atoms with van der Waals surface area (Å²) < 4.78 is 5.14. The summed E-state index contributed by atoms with van der Waals surface area (Å²) >= 11 is 0. The van der Waals surface area contributed by atoms with Crippen molar-refractivity contribution in [1.29, 1.82) is 0 Å². The molecule has 0 spiro atoms. The smallest absolute Gasteiger partial charge is 0.118 e. The lowest BCUT2D eigenvalue weighted by molar-refractivity contribution is -0.874. The third kappa shape index (κ3) is 3.46. The predicted molar refractivity (Wildman–Crippen MR) is 71.3 cm³/mol. The van der Waals surface area contributed by atoms with Gasteiger partial charge in [0, 0.05) is 6.42 Å². The van der Waals surface area contributed by atoms with Crippen molar-refractivity contribution in [3.8, 4) is 5.75 Å². The number of nitrogens with one attached hydrogen (secondary N) is 1. The topological polar surface area (TPSA) is 13.7 Å². The van der Waals surface area contributed by atoms with Crippen LogP contribution in [0.2, 0.25) is 0 Å². The van der Waals surface area contributed by atoms with E-state index in [1.54, 1.807) is 12.0 Å². The van der Waals surface area contributed by atoms with Gasteiger partial charge in [0.25, 0.3) is 0 Å². The van der Waals surface area contributed by atoms with Crippen LogP contribution in [0, 0.1) is 0 Å². The molecule has 1 heterocycles. The van der Waals surface area contributed by atoms with Gasteiger partial charge in [-0.05, 0) is 29.3 Å². The van der Waals surface area contributed by atoms with E-state index in [0.717, 1.165) is 12.3 Å². The summed E-state index contributed by atoms with van der Waals surface area (Å²) in [6.07, 6.45) is 7.91. The second-order valence-electron chi connectivity index (χ2n) is 4.55. The molecule has 0 aliphatic carbocycles. The molecule has 90 valence electrons. The number of hydrogen-bond acceptors (Lipinski definition) is 1. The number of rotatable bonds is 3. The van der Waals surface area contributed by atoms with Gasteiger partial charge >= 0.3 is 0 Å². The maximum Gasteiger partial charge on any atom is 0.118 e. The maximum absolute atomic E-state index is 5.14. The van der Waals surface area contributed by atoms with Gasteiger partial charge in [-0.1, -0.05) is 24.3 Å². The number of ether oxygens (including phenoxy) is 1. The molecule has 1 aromatic carbocycles. The molecule has 0 saturated carbocycles. The fraction of sp³-hybridized carbons (Fsp3) is 0.333. The molecule has 17 heavy (non-hydrogen) atoms. The molecule has 0 radical (unpaired) electrons. The first-order valence-electron chi connectivity index (χ1n) is 6.10. The van der Waals surface area contributed by atoms with Gasteiger partial charge in [0.1, 0.15) is 5.75 Å². The maximum atomic E-state index is 5.14. The summed E-state index contributed by atoms with van der Waals surface area (Å²) in [7, 11) is 3.93. The van der Waals surface area contributed by atoms with Gasteiger partial charge in [-0.15, -0.1) is 0 Å². The van der Waals surface area contributed by atoms with Crippen LogP contribution in [0.4, 0.5) is 0 Å². The van der Waals surface area contributed by atoms with Gasteiger partial charge in [0.15, 0.2) is 0 Å². The molecule has 0 amide bonds. The van der Waals surface area contributed by atoms with Gasteiger partial charge in [0.2, 0.25) is 0 Å². The molecular weight excluding hydrogens is 210 g/mol. The Bertz CT molecular complexity index is 417. The van der Waals surface area contributed by atoms with Gasteiger partial charge < -0.3 is 9.64 Å². The van der Waals surface area contributed by atoms with Crippen molar-refractivity contribution in [2.24, 2.45) is 0 Å². The summed E-state index contributed by atoms with van der Waals surface area (Å²) in [6, 6.07) is 8.14. The van der Waals surface area contributed by atoms with Crippen LogP contribution in [0.15, 0.2) is 42.0 Å². The van der Waals surface area contributed by atoms with Gasteiger partial charge in [-0.25, -0.2) is 0 Å². The molecule has 1 aliphatic rings. The predicted octanol–water partition coefficient (Wildman–Crippen LogP) is 1.55. The van der Waals surface area contributed by atoms with Gasteiger partial charge in [0.05, 0.1) is 27.2 Å². The number of hydrogen-bond donors (Lipinski definition) is 1. The summed E-state index contributed by atoms with van der Waals surface area (Å²) in [5, 5.41) is 0. The van der Waals surface area contributed by atoms with E-state index in [0.29, 0.717) is 0 Å². The Kier molecular flexibility index (Phi) is 3.99. The largest absolute Gasteiger partial charge is 0.497 e. The number of methoxy groups -OCH3 is 1. The van der Waals surface area contributed by atoms with Crippen molar-refractivity contribution < 1.29 is 9.64 Å². The van der Waals surface area contributed by atoms with Crippen LogP contribution in [-0.4, -0.2) is 27.2 Å². The molecule has 1 unspecified atom stereocenters. The van der Waals surface area contributed by atoms with Crippen LogP contribution in [0.1, 0.15) is 12.0 Å². The summed E-state index contributed by atoms with van der Waals surface area (Å²) in [6.45, 7) is 2.38. The highest BCUT2D eigenvalue weighted by molar-refractivity contribution is 5.54. The fourth-order valence-corrected chi connectivity index (χ4v) is 1.94. The molecule has 1 atom stereocenters. The Morgan fingerprint density at radius 3 is 2.53 bits per heavy atom. The molecule has 0 aromatic heterocycles.